The Bertz CT molecular complexity index is 648. The van der Waals surface area contributed by atoms with Crippen LogP contribution in [0.4, 0.5) is 11.4 Å². The molecule has 1 amide bonds. The Hall–Kier alpha value is -2.01. The summed E-state index contributed by atoms with van der Waals surface area (Å²) in [5.41, 5.74) is 9.04. The zero-order valence-corrected chi connectivity index (χ0v) is 13.5. The zero-order chi connectivity index (χ0) is 15.4. The first-order valence-electron chi connectivity index (χ1n) is 6.50. The molecule has 4 nitrogen and oxygen atoms in total. The van der Waals surface area contributed by atoms with Gasteiger partial charge in [0.2, 0.25) is 0 Å². The fraction of sp³-hybridized carbons (Fsp3) is 0.188. The van der Waals surface area contributed by atoms with E-state index < -0.39 is 0 Å². The SMILES string of the molecule is Cc1cc(C)c(OCC(=O)Nc2cccc(N)c2)c(Br)c1. The molecule has 2 aromatic carbocycles. The van der Waals surface area contributed by atoms with E-state index in [-0.39, 0.29) is 12.5 Å². The van der Waals surface area contributed by atoms with Crippen LogP contribution in [0.3, 0.4) is 0 Å². The average Bonchev–Trinajstić information content (AvgIpc) is 2.37. The third-order valence-corrected chi connectivity index (χ3v) is 3.48. The number of amides is 1. The van der Waals surface area contributed by atoms with E-state index in [1.807, 2.05) is 26.0 Å². The van der Waals surface area contributed by atoms with Gasteiger partial charge in [-0.05, 0) is 65.2 Å². The minimum Gasteiger partial charge on any atom is -0.482 e. The van der Waals surface area contributed by atoms with Crippen LogP contribution in [0.1, 0.15) is 11.1 Å². The molecule has 5 heteroatoms. The standard InChI is InChI=1S/C16H17BrN2O2/c1-10-6-11(2)16(14(17)7-10)21-9-15(20)19-13-5-3-4-12(18)8-13/h3-8H,9,18H2,1-2H3,(H,19,20). The second-order valence-corrected chi connectivity index (χ2v) is 5.71. The molecule has 2 aromatic rings. The Kier molecular flexibility index (Phi) is 4.85. The number of anilines is 2. The van der Waals surface area contributed by atoms with Gasteiger partial charge in [-0.1, -0.05) is 12.1 Å². The molecule has 110 valence electrons. The van der Waals surface area contributed by atoms with Crippen molar-refractivity contribution in [1.82, 2.24) is 0 Å². The van der Waals surface area contributed by atoms with E-state index in [2.05, 4.69) is 21.2 Å². The highest BCUT2D eigenvalue weighted by molar-refractivity contribution is 9.10. The summed E-state index contributed by atoms with van der Waals surface area (Å²) in [6.45, 7) is 3.90. The number of ether oxygens (including phenoxy) is 1. The number of carbonyl (C=O) groups is 1. The molecular formula is C16H17BrN2O2. The fourth-order valence-corrected chi connectivity index (χ4v) is 2.82. The van der Waals surface area contributed by atoms with Crippen LogP contribution >= 0.6 is 15.9 Å². The van der Waals surface area contributed by atoms with Crippen molar-refractivity contribution in [3.05, 3.63) is 52.0 Å². The first kappa shape index (κ1) is 15.4. The smallest absolute Gasteiger partial charge is 0.262 e. The van der Waals surface area contributed by atoms with Crippen molar-refractivity contribution in [2.45, 2.75) is 13.8 Å². The van der Waals surface area contributed by atoms with Crippen LogP contribution in [0.5, 0.6) is 5.75 Å². The van der Waals surface area contributed by atoms with Gasteiger partial charge in [0.05, 0.1) is 4.47 Å². The van der Waals surface area contributed by atoms with Gasteiger partial charge in [-0.15, -0.1) is 0 Å². The van der Waals surface area contributed by atoms with E-state index >= 15 is 0 Å². The maximum Gasteiger partial charge on any atom is 0.262 e. The molecule has 0 unspecified atom stereocenters. The third kappa shape index (κ3) is 4.23. The Balaban J connectivity index is 1.99. The van der Waals surface area contributed by atoms with E-state index in [9.17, 15) is 4.79 Å². The van der Waals surface area contributed by atoms with Gasteiger partial charge in [0.15, 0.2) is 6.61 Å². The maximum absolute atomic E-state index is 11.9. The van der Waals surface area contributed by atoms with Gasteiger partial charge < -0.3 is 15.8 Å². The number of aryl methyl sites for hydroxylation is 2. The lowest BCUT2D eigenvalue weighted by Gasteiger charge is -2.12. The van der Waals surface area contributed by atoms with Crippen molar-refractivity contribution in [1.29, 1.82) is 0 Å². The molecule has 0 aliphatic rings. The summed E-state index contributed by atoms with van der Waals surface area (Å²) in [7, 11) is 0. The number of rotatable bonds is 4. The van der Waals surface area contributed by atoms with Gasteiger partial charge in [0, 0.05) is 11.4 Å². The molecule has 0 aliphatic heterocycles. The predicted molar refractivity (Wildman–Crippen MR) is 88.6 cm³/mol. The van der Waals surface area contributed by atoms with Crippen molar-refractivity contribution >= 4 is 33.2 Å². The number of carbonyl (C=O) groups excluding carboxylic acids is 1. The summed E-state index contributed by atoms with van der Waals surface area (Å²) in [5, 5.41) is 2.74. The van der Waals surface area contributed by atoms with Gasteiger partial charge in [0.1, 0.15) is 5.75 Å². The quantitative estimate of drug-likeness (QED) is 0.828. The average molecular weight is 349 g/mol. The lowest BCUT2D eigenvalue weighted by Crippen LogP contribution is -2.20. The van der Waals surface area contributed by atoms with Gasteiger partial charge in [-0.3, -0.25) is 4.79 Å². The van der Waals surface area contributed by atoms with E-state index in [0.29, 0.717) is 17.1 Å². The maximum atomic E-state index is 11.9. The summed E-state index contributed by atoms with van der Waals surface area (Å²) >= 11 is 3.45. The number of benzene rings is 2. The van der Waals surface area contributed by atoms with E-state index in [1.54, 1.807) is 24.3 Å². The topological polar surface area (TPSA) is 64.3 Å². The first-order valence-corrected chi connectivity index (χ1v) is 7.30. The monoisotopic (exact) mass is 348 g/mol. The molecule has 0 atom stereocenters. The van der Waals surface area contributed by atoms with Gasteiger partial charge in [-0.25, -0.2) is 0 Å². The van der Waals surface area contributed by atoms with Crippen LogP contribution in [0.15, 0.2) is 40.9 Å². The Morgan fingerprint density at radius 3 is 2.71 bits per heavy atom. The van der Waals surface area contributed by atoms with Crippen molar-refractivity contribution < 1.29 is 9.53 Å². The molecule has 2 rings (SSSR count). The molecule has 0 bridgehead atoms. The molecule has 0 fully saturated rings. The van der Waals surface area contributed by atoms with Crippen molar-refractivity contribution in [3.63, 3.8) is 0 Å². The molecule has 0 aromatic heterocycles. The number of hydrogen-bond acceptors (Lipinski definition) is 3. The van der Waals surface area contributed by atoms with Crippen LogP contribution in [0, 0.1) is 13.8 Å². The normalized spacial score (nSPS) is 10.2. The lowest BCUT2D eigenvalue weighted by atomic mass is 10.1. The molecule has 0 radical (unpaired) electrons. The summed E-state index contributed by atoms with van der Waals surface area (Å²) in [5.74, 6) is 0.454. The molecule has 0 spiro atoms. The van der Waals surface area contributed by atoms with Crippen molar-refractivity contribution in [3.8, 4) is 5.75 Å². The minimum absolute atomic E-state index is 0.0582. The summed E-state index contributed by atoms with van der Waals surface area (Å²) < 4.78 is 6.44. The largest absolute Gasteiger partial charge is 0.482 e. The van der Waals surface area contributed by atoms with Gasteiger partial charge in [-0.2, -0.15) is 0 Å². The number of hydrogen-bond donors (Lipinski definition) is 2. The second kappa shape index (κ2) is 6.63. The van der Waals surface area contributed by atoms with E-state index in [4.69, 9.17) is 10.5 Å². The predicted octanol–water partition coefficient (Wildman–Crippen LogP) is 3.67. The molecule has 0 saturated carbocycles. The summed E-state index contributed by atoms with van der Waals surface area (Å²) in [6.07, 6.45) is 0. The third-order valence-electron chi connectivity index (χ3n) is 2.89. The Labute approximate surface area is 132 Å². The van der Waals surface area contributed by atoms with Crippen molar-refractivity contribution in [2.24, 2.45) is 0 Å². The summed E-state index contributed by atoms with van der Waals surface area (Å²) in [4.78, 5) is 11.9. The van der Waals surface area contributed by atoms with E-state index in [1.165, 1.54) is 0 Å². The highest BCUT2D eigenvalue weighted by atomic mass is 79.9. The number of nitrogens with two attached hydrogens (primary N) is 1. The lowest BCUT2D eigenvalue weighted by molar-refractivity contribution is -0.118. The number of nitrogen functional groups attached to an aromatic ring is 1. The minimum atomic E-state index is -0.229. The zero-order valence-electron chi connectivity index (χ0n) is 11.9. The Morgan fingerprint density at radius 1 is 1.29 bits per heavy atom. The second-order valence-electron chi connectivity index (χ2n) is 4.86. The van der Waals surface area contributed by atoms with Crippen LogP contribution in [0.25, 0.3) is 0 Å². The summed E-state index contributed by atoms with van der Waals surface area (Å²) in [6, 6.07) is 11.0. The number of nitrogens with one attached hydrogen (secondary N) is 1. The molecule has 3 N–H and O–H groups in total. The molecule has 0 saturated heterocycles. The van der Waals surface area contributed by atoms with Crippen molar-refractivity contribution in [2.75, 3.05) is 17.7 Å². The molecule has 21 heavy (non-hydrogen) atoms. The van der Waals surface area contributed by atoms with Crippen LogP contribution in [-0.2, 0) is 4.79 Å². The first-order chi connectivity index (χ1) is 9.95. The Morgan fingerprint density at radius 2 is 2.05 bits per heavy atom. The highest BCUT2D eigenvalue weighted by Gasteiger charge is 2.09. The van der Waals surface area contributed by atoms with Crippen LogP contribution in [0.2, 0.25) is 0 Å². The van der Waals surface area contributed by atoms with Crippen LogP contribution in [-0.4, -0.2) is 12.5 Å². The van der Waals surface area contributed by atoms with E-state index in [0.717, 1.165) is 15.6 Å². The fourth-order valence-electron chi connectivity index (χ4n) is 2.04. The molecule has 0 aliphatic carbocycles. The highest BCUT2D eigenvalue weighted by Crippen LogP contribution is 2.30. The molecular weight excluding hydrogens is 332 g/mol. The van der Waals surface area contributed by atoms with Gasteiger partial charge >= 0.3 is 0 Å². The molecule has 0 heterocycles. The van der Waals surface area contributed by atoms with Crippen LogP contribution < -0.4 is 15.8 Å². The number of halogens is 1. The van der Waals surface area contributed by atoms with Gasteiger partial charge in [0.25, 0.3) is 5.91 Å².